The van der Waals surface area contributed by atoms with Gasteiger partial charge in [0.15, 0.2) is 0 Å². The van der Waals surface area contributed by atoms with Gasteiger partial charge in [-0.2, -0.15) is 0 Å². The standard InChI is InChI=1S/C25H27ClN2OS/c1-3-4-5-10-24(21-17-27-23-9-7-6-8-20(21)23)30-14-13-25(29)28-16-19-12-11-18(2)15-22(19)26/h5-15,17,24,27H,3-4,16H2,1-2H3,(H,28,29)/b10-5-,14-13+. The van der Waals surface area contributed by atoms with Crippen LogP contribution in [0.15, 0.2) is 72.3 Å². The van der Waals surface area contributed by atoms with Crippen LogP contribution in [0.5, 0.6) is 0 Å². The zero-order valence-electron chi connectivity index (χ0n) is 17.3. The van der Waals surface area contributed by atoms with Gasteiger partial charge >= 0.3 is 0 Å². The first-order chi connectivity index (χ1) is 14.6. The SMILES string of the molecule is CCC/C=C\C(S/C=C/C(=O)NCc1ccc(C)cc1Cl)c1c[nH]c2ccccc12. The fourth-order valence-corrected chi connectivity index (χ4v) is 4.38. The molecule has 1 amide bonds. The van der Waals surface area contributed by atoms with Crippen LogP contribution in [0.4, 0.5) is 0 Å². The zero-order chi connectivity index (χ0) is 21.3. The van der Waals surface area contributed by atoms with E-state index in [4.69, 9.17) is 11.6 Å². The number of fused-ring (bicyclic) bond motifs is 1. The molecule has 1 atom stereocenters. The second-order valence-electron chi connectivity index (χ2n) is 7.18. The average Bonchev–Trinajstić information content (AvgIpc) is 3.16. The largest absolute Gasteiger partial charge is 0.361 e. The van der Waals surface area contributed by atoms with Crippen LogP contribution in [-0.2, 0) is 11.3 Å². The zero-order valence-corrected chi connectivity index (χ0v) is 18.9. The quantitative estimate of drug-likeness (QED) is 0.276. The smallest absolute Gasteiger partial charge is 0.244 e. The number of aromatic nitrogens is 1. The molecule has 5 heteroatoms. The lowest BCUT2D eigenvalue weighted by atomic mass is 10.1. The van der Waals surface area contributed by atoms with Gasteiger partial charge in [0, 0.05) is 34.7 Å². The van der Waals surface area contributed by atoms with Crippen molar-refractivity contribution < 1.29 is 4.79 Å². The number of unbranched alkanes of at least 4 members (excludes halogenated alkanes) is 1. The highest BCUT2D eigenvalue weighted by Gasteiger charge is 2.12. The third kappa shape index (κ3) is 6.04. The van der Waals surface area contributed by atoms with Gasteiger partial charge in [0.05, 0.1) is 5.25 Å². The fourth-order valence-electron chi connectivity index (χ4n) is 3.16. The van der Waals surface area contributed by atoms with Crippen molar-refractivity contribution >= 4 is 40.2 Å². The number of H-pyrrole nitrogens is 1. The van der Waals surface area contributed by atoms with Crippen molar-refractivity contribution in [3.63, 3.8) is 0 Å². The van der Waals surface area contributed by atoms with Gasteiger partial charge in [-0.1, -0.05) is 67.4 Å². The van der Waals surface area contributed by atoms with Crippen molar-refractivity contribution in [1.29, 1.82) is 0 Å². The molecule has 2 aromatic carbocycles. The Bertz CT molecular complexity index is 1050. The summed E-state index contributed by atoms with van der Waals surface area (Å²) in [6, 6.07) is 14.1. The molecule has 3 rings (SSSR count). The lowest BCUT2D eigenvalue weighted by Crippen LogP contribution is -2.20. The molecule has 0 saturated carbocycles. The summed E-state index contributed by atoms with van der Waals surface area (Å²) in [6.45, 7) is 4.57. The van der Waals surface area contributed by atoms with E-state index in [2.05, 4.69) is 53.8 Å². The van der Waals surface area contributed by atoms with Crippen molar-refractivity contribution in [1.82, 2.24) is 10.3 Å². The van der Waals surface area contributed by atoms with Gasteiger partial charge in [-0.05, 0) is 47.6 Å². The number of hydrogen-bond acceptors (Lipinski definition) is 2. The molecule has 0 spiro atoms. The number of halogens is 1. The molecule has 0 fully saturated rings. The van der Waals surface area contributed by atoms with E-state index in [1.54, 1.807) is 17.8 Å². The number of benzene rings is 2. The molecule has 0 radical (unpaired) electrons. The predicted molar refractivity (Wildman–Crippen MR) is 130 cm³/mol. The highest BCUT2D eigenvalue weighted by atomic mass is 35.5. The van der Waals surface area contributed by atoms with Gasteiger partial charge < -0.3 is 10.3 Å². The molecule has 1 heterocycles. The van der Waals surface area contributed by atoms with Crippen LogP contribution in [0.2, 0.25) is 5.02 Å². The molecule has 0 aliphatic heterocycles. The lowest BCUT2D eigenvalue weighted by Gasteiger charge is -2.10. The number of aryl methyl sites for hydroxylation is 1. The molecule has 0 bridgehead atoms. The Kier molecular flexibility index (Phi) is 8.23. The normalized spacial score (nSPS) is 12.8. The van der Waals surface area contributed by atoms with E-state index in [0.717, 1.165) is 29.5 Å². The number of para-hydroxylation sites is 1. The summed E-state index contributed by atoms with van der Waals surface area (Å²) in [7, 11) is 0. The number of rotatable bonds is 9. The highest BCUT2D eigenvalue weighted by molar-refractivity contribution is 8.02. The van der Waals surface area contributed by atoms with E-state index in [9.17, 15) is 4.79 Å². The van der Waals surface area contributed by atoms with Crippen molar-refractivity contribution in [2.75, 3.05) is 0 Å². The Balaban J connectivity index is 1.64. The van der Waals surface area contributed by atoms with Crippen LogP contribution < -0.4 is 5.32 Å². The Morgan fingerprint density at radius 3 is 2.90 bits per heavy atom. The van der Waals surface area contributed by atoms with E-state index in [1.807, 2.05) is 36.6 Å². The van der Waals surface area contributed by atoms with Crippen LogP contribution in [0, 0.1) is 6.92 Å². The molecule has 0 saturated heterocycles. The van der Waals surface area contributed by atoms with Gasteiger partial charge in [-0.25, -0.2) is 0 Å². The van der Waals surface area contributed by atoms with Crippen LogP contribution in [0.1, 0.15) is 41.7 Å². The molecule has 156 valence electrons. The van der Waals surface area contributed by atoms with Gasteiger partial charge in [-0.3, -0.25) is 4.79 Å². The monoisotopic (exact) mass is 438 g/mol. The Morgan fingerprint density at radius 2 is 2.10 bits per heavy atom. The van der Waals surface area contributed by atoms with E-state index >= 15 is 0 Å². The summed E-state index contributed by atoms with van der Waals surface area (Å²) in [5.74, 6) is -0.130. The first kappa shape index (κ1) is 22.3. The number of amides is 1. The number of carbonyl (C=O) groups excluding carboxylic acids is 1. The van der Waals surface area contributed by atoms with Crippen LogP contribution in [0.3, 0.4) is 0 Å². The third-order valence-electron chi connectivity index (χ3n) is 4.80. The van der Waals surface area contributed by atoms with Crippen molar-refractivity contribution in [2.45, 2.75) is 38.5 Å². The highest BCUT2D eigenvalue weighted by Crippen LogP contribution is 2.35. The summed E-state index contributed by atoms with van der Waals surface area (Å²) >= 11 is 7.87. The fraction of sp³-hybridized carbons (Fsp3) is 0.240. The van der Waals surface area contributed by atoms with Gasteiger partial charge in [0.2, 0.25) is 5.91 Å². The molecule has 2 N–H and O–H groups in total. The van der Waals surface area contributed by atoms with Crippen LogP contribution in [-0.4, -0.2) is 10.9 Å². The third-order valence-corrected chi connectivity index (χ3v) is 6.15. The van der Waals surface area contributed by atoms with Gasteiger partial charge in [-0.15, -0.1) is 11.8 Å². The maximum atomic E-state index is 12.3. The van der Waals surface area contributed by atoms with Gasteiger partial charge in [0.25, 0.3) is 0 Å². The molecule has 1 unspecified atom stereocenters. The predicted octanol–water partition coefficient (Wildman–Crippen LogP) is 7.09. The Hall–Kier alpha value is -2.43. The maximum absolute atomic E-state index is 12.3. The van der Waals surface area contributed by atoms with Crippen molar-refractivity contribution in [3.05, 3.63) is 94.0 Å². The second kappa shape index (κ2) is 11.1. The van der Waals surface area contributed by atoms with Crippen LogP contribution >= 0.6 is 23.4 Å². The first-order valence-corrected chi connectivity index (χ1v) is 11.5. The van der Waals surface area contributed by atoms with E-state index < -0.39 is 0 Å². The molecule has 30 heavy (non-hydrogen) atoms. The molecule has 1 aromatic heterocycles. The molecule has 3 nitrogen and oxygen atoms in total. The van der Waals surface area contributed by atoms with Gasteiger partial charge in [0.1, 0.15) is 0 Å². The molecular weight excluding hydrogens is 412 g/mol. The number of allylic oxidation sites excluding steroid dienone is 1. The second-order valence-corrected chi connectivity index (χ2v) is 8.64. The van der Waals surface area contributed by atoms with E-state index in [1.165, 1.54) is 10.9 Å². The first-order valence-electron chi connectivity index (χ1n) is 10.2. The summed E-state index contributed by atoms with van der Waals surface area (Å²) < 4.78 is 0. The number of nitrogens with one attached hydrogen (secondary N) is 2. The van der Waals surface area contributed by atoms with E-state index in [-0.39, 0.29) is 11.2 Å². The molecular formula is C25H27ClN2OS. The average molecular weight is 439 g/mol. The molecule has 0 aliphatic rings. The number of carbonyl (C=O) groups is 1. The van der Waals surface area contributed by atoms with Crippen molar-refractivity contribution in [3.8, 4) is 0 Å². The minimum absolute atomic E-state index is 0.130. The van der Waals surface area contributed by atoms with E-state index in [0.29, 0.717) is 11.6 Å². The summed E-state index contributed by atoms with van der Waals surface area (Å²) in [5, 5.41) is 6.80. The Labute approximate surface area is 187 Å². The topological polar surface area (TPSA) is 44.9 Å². The Morgan fingerprint density at radius 1 is 1.27 bits per heavy atom. The van der Waals surface area contributed by atoms with Crippen LogP contribution in [0.25, 0.3) is 10.9 Å². The minimum atomic E-state index is -0.130. The minimum Gasteiger partial charge on any atom is -0.361 e. The number of aromatic amines is 1. The lowest BCUT2D eigenvalue weighted by molar-refractivity contribution is -0.116. The number of thioether (sulfide) groups is 1. The summed E-state index contributed by atoms with van der Waals surface area (Å²) in [4.78, 5) is 15.6. The number of hydrogen-bond donors (Lipinski definition) is 2. The summed E-state index contributed by atoms with van der Waals surface area (Å²) in [5.41, 5.74) is 4.36. The summed E-state index contributed by atoms with van der Waals surface area (Å²) in [6.07, 6.45) is 10.2. The van der Waals surface area contributed by atoms with Crippen molar-refractivity contribution in [2.24, 2.45) is 0 Å². The molecule has 0 aliphatic carbocycles. The molecule has 3 aromatic rings. The maximum Gasteiger partial charge on any atom is 0.244 e.